The first-order chi connectivity index (χ1) is 21.8. The van der Waals surface area contributed by atoms with E-state index in [4.69, 9.17) is 9.72 Å². The van der Waals surface area contributed by atoms with Gasteiger partial charge in [0.2, 0.25) is 11.9 Å². The third-order valence-electron chi connectivity index (χ3n) is 8.13. The van der Waals surface area contributed by atoms with Crippen molar-refractivity contribution >= 4 is 39.8 Å². The maximum absolute atomic E-state index is 12.4. The maximum Gasteiger partial charge on any atom is 0.247 e. The fourth-order valence-electron chi connectivity index (χ4n) is 5.93. The summed E-state index contributed by atoms with van der Waals surface area (Å²) in [5.41, 5.74) is 7.28. The zero-order chi connectivity index (χ0) is 31.7. The molecule has 0 spiro atoms. The van der Waals surface area contributed by atoms with Crippen molar-refractivity contribution in [2.75, 3.05) is 56.9 Å². The van der Waals surface area contributed by atoms with Crippen molar-refractivity contribution in [3.63, 3.8) is 0 Å². The second kappa shape index (κ2) is 12.4. The van der Waals surface area contributed by atoms with E-state index in [-0.39, 0.29) is 5.91 Å². The van der Waals surface area contributed by atoms with Gasteiger partial charge < -0.3 is 29.7 Å². The number of likely N-dealkylation sites (N-methyl/N-ethyl adjacent to an activating group) is 2. The number of amides is 1. The lowest BCUT2D eigenvalue weighted by molar-refractivity contribution is -0.111. The van der Waals surface area contributed by atoms with Crippen LogP contribution in [0.25, 0.3) is 33.7 Å². The summed E-state index contributed by atoms with van der Waals surface area (Å²) >= 11 is 0. The number of ether oxygens (including phenoxy) is 1. The molecule has 0 aliphatic carbocycles. The van der Waals surface area contributed by atoms with E-state index in [9.17, 15) is 4.79 Å². The van der Waals surface area contributed by atoms with Gasteiger partial charge in [0.05, 0.1) is 41.1 Å². The number of aryl methyl sites for hydroxylation is 3. The second-order valence-electron chi connectivity index (χ2n) is 11.4. The molecular formula is C33H38N10O2. The van der Waals surface area contributed by atoms with Gasteiger partial charge >= 0.3 is 0 Å². The van der Waals surface area contributed by atoms with Crippen molar-refractivity contribution < 1.29 is 9.53 Å². The summed E-state index contributed by atoms with van der Waals surface area (Å²) in [4.78, 5) is 30.8. The van der Waals surface area contributed by atoms with Crippen LogP contribution in [0.1, 0.15) is 12.0 Å². The quantitative estimate of drug-likeness (QED) is 0.206. The van der Waals surface area contributed by atoms with E-state index in [1.54, 1.807) is 24.3 Å². The maximum atomic E-state index is 12.4. The van der Waals surface area contributed by atoms with Crippen LogP contribution in [-0.4, -0.2) is 81.4 Å². The number of hydrogen-bond donors (Lipinski definition) is 2. The molecule has 0 unspecified atom stereocenters. The monoisotopic (exact) mass is 606 g/mol. The number of methoxy groups -OCH3 is 1. The number of carbonyl (C=O) groups is 1. The number of benzene rings is 2. The Morgan fingerprint density at radius 2 is 1.98 bits per heavy atom. The molecule has 5 aromatic rings. The van der Waals surface area contributed by atoms with E-state index in [1.165, 1.54) is 17.2 Å². The Morgan fingerprint density at radius 1 is 1.13 bits per heavy atom. The van der Waals surface area contributed by atoms with Crippen molar-refractivity contribution in [3.8, 4) is 28.5 Å². The molecule has 4 heterocycles. The second-order valence-corrected chi connectivity index (χ2v) is 11.4. The molecule has 6 rings (SSSR count). The lowest BCUT2D eigenvalue weighted by atomic mass is 10.0. The predicted molar refractivity (Wildman–Crippen MR) is 178 cm³/mol. The number of rotatable bonds is 11. The number of nitrogens with one attached hydrogen (secondary N) is 2. The van der Waals surface area contributed by atoms with Gasteiger partial charge in [0.1, 0.15) is 12.1 Å². The number of aromatic nitrogens is 6. The SMILES string of the molecule is C=CC(=O)Nc1cc(Nc2nccc(-c3c(-c4ncnn4C)n4c5c(cccc35)CCC4)n2)c(OC)cc1N(C)CCN(C)C. The van der Waals surface area contributed by atoms with Crippen LogP contribution in [0.3, 0.4) is 0 Å². The fraction of sp³-hybridized carbons (Fsp3) is 0.303. The average Bonchev–Trinajstić information content (AvgIpc) is 3.61. The van der Waals surface area contributed by atoms with Crippen molar-refractivity contribution in [2.45, 2.75) is 19.4 Å². The first-order valence-corrected chi connectivity index (χ1v) is 14.9. The Balaban J connectivity index is 1.44. The van der Waals surface area contributed by atoms with Crippen molar-refractivity contribution in [1.29, 1.82) is 0 Å². The molecule has 3 aromatic heterocycles. The van der Waals surface area contributed by atoms with Gasteiger partial charge in [-0.15, -0.1) is 0 Å². The summed E-state index contributed by atoms with van der Waals surface area (Å²) in [6, 6.07) is 12.1. The minimum Gasteiger partial charge on any atom is -0.494 e. The third-order valence-corrected chi connectivity index (χ3v) is 8.13. The average molecular weight is 607 g/mol. The van der Waals surface area contributed by atoms with Gasteiger partial charge in [0.15, 0.2) is 5.82 Å². The summed E-state index contributed by atoms with van der Waals surface area (Å²) in [6.07, 6.45) is 6.65. The largest absolute Gasteiger partial charge is 0.494 e. The van der Waals surface area contributed by atoms with E-state index in [0.717, 1.165) is 66.3 Å². The molecule has 0 atom stereocenters. The van der Waals surface area contributed by atoms with E-state index in [2.05, 4.69) is 64.8 Å². The van der Waals surface area contributed by atoms with Gasteiger partial charge in [-0.05, 0) is 50.7 Å². The molecule has 1 aliphatic heterocycles. The van der Waals surface area contributed by atoms with E-state index < -0.39 is 0 Å². The normalized spacial score (nSPS) is 12.4. The first kappa shape index (κ1) is 29.8. The Morgan fingerprint density at radius 3 is 2.71 bits per heavy atom. The molecule has 0 bridgehead atoms. The highest BCUT2D eigenvalue weighted by Gasteiger charge is 2.27. The van der Waals surface area contributed by atoms with Gasteiger partial charge in [0, 0.05) is 56.9 Å². The molecule has 232 valence electrons. The standard InChI is InChI=1S/C33H38N10O2/c1-7-28(44)37-24-18-25(27(45-6)19-26(24)41(4)17-16-40(2)3)39-33-34-14-13-23(38-33)29-22-12-8-10-21-11-9-15-43(30(21)22)31(29)32-35-20-36-42(32)5/h7-8,10,12-14,18-20H,1,9,11,15-17H2,2-6H3,(H,37,44)(H,34,38,39). The summed E-state index contributed by atoms with van der Waals surface area (Å²) in [6.45, 7) is 6.09. The van der Waals surface area contributed by atoms with E-state index in [0.29, 0.717) is 23.1 Å². The molecule has 0 saturated carbocycles. The highest BCUT2D eigenvalue weighted by atomic mass is 16.5. The fourth-order valence-corrected chi connectivity index (χ4v) is 5.93. The molecule has 1 amide bonds. The lowest BCUT2D eigenvalue weighted by Gasteiger charge is -2.26. The molecule has 12 heteroatoms. The van der Waals surface area contributed by atoms with Crippen LogP contribution in [0, 0.1) is 0 Å². The van der Waals surface area contributed by atoms with Gasteiger partial charge in [-0.2, -0.15) is 5.10 Å². The van der Waals surface area contributed by atoms with Crippen LogP contribution in [0.15, 0.2) is 61.6 Å². The number of anilines is 4. The van der Waals surface area contributed by atoms with Gasteiger partial charge in [-0.25, -0.2) is 19.6 Å². The van der Waals surface area contributed by atoms with Crippen LogP contribution in [0.4, 0.5) is 23.0 Å². The van der Waals surface area contributed by atoms with Crippen LogP contribution in [-0.2, 0) is 24.8 Å². The van der Waals surface area contributed by atoms with Crippen LogP contribution in [0.2, 0.25) is 0 Å². The smallest absolute Gasteiger partial charge is 0.247 e. The molecule has 2 N–H and O–H groups in total. The summed E-state index contributed by atoms with van der Waals surface area (Å²) in [7, 11) is 9.55. The van der Waals surface area contributed by atoms with E-state index >= 15 is 0 Å². The molecule has 12 nitrogen and oxygen atoms in total. The Labute approximate surface area is 262 Å². The first-order valence-electron chi connectivity index (χ1n) is 14.9. The van der Waals surface area contributed by atoms with Gasteiger partial charge in [-0.1, -0.05) is 24.8 Å². The molecule has 0 fully saturated rings. The molecule has 45 heavy (non-hydrogen) atoms. The number of nitrogens with zero attached hydrogens (tertiary/aromatic N) is 8. The number of carbonyl (C=O) groups excluding carboxylic acids is 1. The van der Waals surface area contributed by atoms with Crippen molar-refractivity contribution in [1.82, 2.24) is 34.2 Å². The molecule has 0 radical (unpaired) electrons. The van der Waals surface area contributed by atoms with Crippen molar-refractivity contribution in [3.05, 3.63) is 67.1 Å². The molecule has 1 aliphatic rings. The zero-order valence-electron chi connectivity index (χ0n) is 26.3. The Bertz CT molecular complexity index is 1890. The van der Waals surface area contributed by atoms with Crippen LogP contribution < -0.4 is 20.3 Å². The lowest BCUT2D eigenvalue weighted by Crippen LogP contribution is -2.29. The minimum atomic E-state index is -0.309. The zero-order valence-corrected chi connectivity index (χ0v) is 26.3. The number of hydrogen-bond acceptors (Lipinski definition) is 9. The molecule has 2 aromatic carbocycles. The summed E-state index contributed by atoms with van der Waals surface area (Å²) in [5.74, 6) is 1.44. The van der Waals surface area contributed by atoms with Crippen molar-refractivity contribution in [2.24, 2.45) is 7.05 Å². The highest BCUT2D eigenvalue weighted by Crippen LogP contribution is 2.43. The molecular weight excluding hydrogens is 568 g/mol. The topological polar surface area (TPSA) is 118 Å². The highest BCUT2D eigenvalue weighted by molar-refractivity contribution is 6.05. The van der Waals surface area contributed by atoms with Crippen LogP contribution >= 0.6 is 0 Å². The molecule has 0 saturated heterocycles. The summed E-state index contributed by atoms with van der Waals surface area (Å²) < 4.78 is 9.96. The van der Waals surface area contributed by atoms with Crippen LogP contribution in [0.5, 0.6) is 5.75 Å². The third kappa shape index (κ3) is 5.72. The van der Waals surface area contributed by atoms with E-state index in [1.807, 2.05) is 46.4 Å². The minimum absolute atomic E-state index is 0.309. The van der Waals surface area contributed by atoms with Gasteiger partial charge in [0.25, 0.3) is 0 Å². The predicted octanol–water partition coefficient (Wildman–Crippen LogP) is 4.71. The Hall–Kier alpha value is -5.23. The summed E-state index contributed by atoms with van der Waals surface area (Å²) in [5, 5.41) is 11.8. The Kier molecular flexibility index (Phi) is 8.22. The van der Waals surface area contributed by atoms with Gasteiger partial charge in [-0.3, -0.25) is 4.79 Å². The number of para-hydroxylation sites is 1.